The molecule has 0 aromatic carbocycles. The molecule has 0 radical (unpaired) electrons. The predicted octanol–water partition coefficient (Wildman–Crippen LogP) is 1.68. The average Bonchev–Trinajstić information content (AvgIpc) is 2.51. The summed E-state index contributed by atoms with van der Waals surface area (Å²) in [4.78, 5) is 2.66. The third-order valence-corrected chi connectivity index (χ3v) is 2.94. The Labute approximate surface area is 97.4 Å². The minimum absolute atomic E-state index is 0.401. The van der Waals surface area contributed by atoms with Crippen LogP contribution < -0.4 is 0 Å². The molecule has 7 heteroatoms. The molecule has 0 aromatic rings. The second-order valence-corrected chi connectivity index (χ2v) is 4.69. The van der Waals surface area contributed by atoms with Crippen LogP contribution in [-0.2, 0) is 9.47 Å². The Kier molecular flexibility index (Phi) is 2.86. The number of fused-ring (bicyclic) bond motifs is 1. The van der Waals surface area contributed by atoms with Gasteiger partial charge in [0.25, 0.3) is 0 Å². The van der Waals surface area contributed by atoms with Gasteiger partial charge in [-0.25, -0.2) is 0 Å². The van der Waals surface area contributed by atoms with Crippen molar-refractivity contribution in [3.05, 3.63) is 21.6 Å². The molecule has 16 heavy (non-hydrogen) atoms. The van der Waals surface area contributed by atoms with Gasteiger partial charge in [-0.3, -0.25) is 0 Å². The molecule has 0 aromatic heterocycles. The van der Waals surface area contributed by atoms with Gasteiger partial charge in [-0.05, 0) is 19.4 Å². The summed E-state index contributed by atoms with van der Waals surface area (Å²) in [5, 5.41) is 13.8. The van der Waals surface area contributed by atoms with Gasteiger partial charge in [0.05, 0.1) is 12.1 Å². The molecule has 1 aliphatic heterocycles. The molecule has 1 fully saturated rings. The van der Waals surface area contributed by atoms with Gasteiger partial charge in [-0.1, -0.05) is 22.8 Å². The number of aliphatic hydroxyl groups is 1. The largest absolute Gasteiger partial charge is 0.390 e. The molecule has 2 rings (SSSR count). The van der Waals surface area contributed by atoms with Crippen molar-refractivity contribution < 1.29 is 14.6 Å². The smallest absolute Gasteiger partial charge is 0.164 e. The maximum atomic E-state index is 9.95. The molecular formula is C9H12ClN3O3. The highest BCUT2D eigenvalue weighted by Crippen LogP contribution is 2.39. The van der Waals surface area contributed by atoms with Crippen molar-refractivity contribution in [1.29, 1.82) is 0 Å². The minimum Gasteiger partial charge on any atom is -0.390 e. The van der Waals surface area contributed by atoms with E-state index in [1.54, 1.807) is 13.8 Å². The van der Waals surface area contributed by atoms with Crippen LogP contribution in [0.4, 0.5) is 0 Å². The quantitative estimate of drug-likeness (QED) is 0.433. The lowest BCUT2D eigenvalue weighted by atomic mass is 9.95. The van der Waals surface area contributed by atoms with E-state index in [4.69, 9.17) is 26.6 Å². The number of azide groups is 1. The predicted molar refractivity (Wildman–Crippen MR) is 56.7 cm³/mol. The highest BCUT2D eigenvalue weighted by molar-refractivity contribution is 6.30. The first kappa shape index (κ1) is 11.7. The summed E-state index contributed by atoms with van der Waals surface area (Å²) in [6.07, 6.45) is -0.525. The molecule has 6 nitrogen and oxygen atoms in total. The number of aliphatic hydroxyl groups excluding tert-OH is 1. The van der Waals surface area contributed by atoms with Crippen molar-refractivity contribution >= 4 is 11.6 Å². The summed E-state index contributed by atoms with van der Waals surface area (Å²) < 4.78 is 11.1. The zero-order valence-corrected chi connectivity index (χ0v) is 9.63. The zero-order chi connectivity index (χ0) is 11.9. The van der Waals surface area contributed by atoms with Gasteiger partial charge >= 0.3 is 0 Å². The molecule has 0 spiro atoms. The van der Waals surface area contributed by atoms with Gasteiger partial charge in [0, 0.05) is 9.94 Å². The van der Waals surface area contributed by atoms with Crippen LogP contribution in [0.3, 0.4) is 0 Å². The fourth-order valence-electron chi connectivity index (χ4n) is 1.96. The second-order valence-electron chi connectivity index (χ2n) is 4.26. The van der Waals surface area contributed by atoms with Gasteiger partial charge in [0.1, 0.15) is 12.2 Å². The van der Waals surface area contributed by atoms with E-state index in [9.17, 15) is 5.11 Å². The molecule has 1 aliphatic carbocycles. The molecule has 2 aliphatic rings. The SMILES string of the molecule is CC1(C)O[C@H]2[C@@H](O)[C@H](N=[N+]=[N-])C=C(Cl)[C@H]2O1. The van der Waals surface area contributed by atoms with Crippen LogP contribution >= 0.6 is 11.6 Å². The maximum absolute atomic E-state index is 9.95. The molecule has 1 heterocycles. The molecule has 1 saturated heterocycles. The Bertz CT molecular complexity index is 378. The first-order valence-electron chi connectivity index (χ1n) is 4.90. The van der Waals surface area contributed by atoms with Crippen LogP contribution in [-0.4, -0.2) is 35.2 Å². The highest BCUT2D eigenvalue weighted by Gasteiger charge is 2.50. The standard InChI is InChI=1S/C9H12ClN3O3/c1-9(2)15-7-4(10)3-5(12-13-11)6(14)8(7)16-9/h3,5-8,14H,1-2H3/t5-,6+,7-,8+/m1/s1. The van der Waals surface area contributed by atoms with Crippen LogP contribution in [0.2, 0.25) is 0 Å². The minimum atomic E-state index is -0.940. The Morgan fingerprint density at radius 1 is 1.56 bits per heavy atom. The summed E-state index contributed by atoms with van der Waals surface area (Å²) in [5.41, 5.74) is 8.37. The van der Waals surface area contributed by atoms with Crippen molar-refractivity contribution in [2.45, 2.75) is 44.0 Å². The molecular weight excluding hydrogens is 234 g/mol. The number of rotatable bonds is 1. The lowest BCUT2D eigenvalue weighted by Crippen LogP contribution is -2.45. The fourth-order valence-corrected chi connectivity index (χ4v) is 2.26. The van der Waals surface area contributed by atoms with Gasteiger partial charge in [-0.2, -0.15) is 0 Å². The number of hydrogen-bond acceptors (Lipinski definition) is 4. The molecule has 0 saturated carbocycles. The second kappa shape index (κ2) is 3.91. The molecule has 0 bridgehead atoms. The van der Waals surface area contributed by atoms with E-state index in [1.165, 1.54) is 6.08 Å². The summed E-state index contributed by atoms with van der Waals surface area (Å²) in [5.74, 6) is -0.796. The maximum Gasteiger partial charge on any atom is 0.164 e. The lowest BCUT2D eigenvalue weighted by Gasteiger charge is -2.29. The van der Waals surface area contributed by atoms with Gasteiger partial charge < -0.3 is 14.6 Å². The van der Waals surface area contributed by atoms with Crippen LogP contribution in [0, 0.1) is 0 Å². The van der Waals surface area contributed by atoms with E-state index in [2.05, 4.69) is 10.0 Å². The molecule has 1 N–H and O–H groups in total. The van der Waals surface area contributed by atoms with E-state index in [-0.39, 0.29) is 0 Å². The van der Waals surface area contributed by atoms with Gasteiger partial charge in [0.15, 0.2) is 5.79 Å². The van der Waals surface area contributed by atoms with E-state index >= 15 is 0 Å². The lowest BCUT2D eigenvalue weighted by molar-refractivity contribution is -0.153. The number of ether oxygens (including phenoxy) is 2. The Morgan fingerprint density at radius 2 is 2.25 bits per heavy atom. The molecule has 4 atom stereocenters. The normalized spacial score (nSPS) is 40.9. The summed E-state index contributed by atoms with van der Waals surface area (Å²) in [7, 11) is 0. The van der Waals surface area contributed by atoms with Crippen molar-refractivity contribution in [3.8, 4) is 0 Å². The molecule has 88 valence electrons. The summed E-state index contributed by atoms with van der Waals surface area (Å²) in [6, 6.07) is -0.712. The Morgan fingerprint density at radius 3 is 2.88 bits per heavy atom. The van der Waals surface area contributed by atoms with Crippen molar-refractivity contribution in [2.24, 2.45) is 5.11 Å². The number of nitrogens with zero attached hydrogens (tertiary/aromatic N) is 3. The van der Waals surface area contributed by atoms with Gasteiger partial charge in [-0.15, -0.1) is 0 Å². The third-order valence-electron chi connectivity index (χ3n) is 2.60. The van der Waals surface area contributed by atoms with Crippen molar-refractivity contribution in [1.82, 2.24) is 0 Å². The Balaban J connectivity index is 2.30. The fraction of sp³-hybridized carbons (Fsp3) is 0.778. The molecule has 0 unspecified atom stereocenters. The first-order chi connectivity index (χ1) is 7.44. The highest BCUT2D eigenvalue weighted by atomic mass is 35.5. The third kappa shape index (κ3) is 1.90. The topological polar surface area (TPSA) is 87.5 Å². The summed E-state index contributed by atoms with van der Waals surface area (Å²) >= 11 is 6.00. The average molecular weight is 246 g/mol. The first-order valence-corrected chi connectivity index (χ1v) is 5.27. The van der Waals surface area contributed by atoms with Crippen LogP contribution in [0.15, 0.2) is 16.2 Å². The van der Waals surface area contributed by atoms with E-state index in [1.807, 2.05) is 0 Å². The van der Waals surface area contributed by atoms with Crippen molar-refractivity contribution in [2.75, 3.05) is 0 Å². The van der Waals surface area contributed by atoms with E-state index in [0.717, 1.165) is 0 Å². The number of hydrogen-bond donors (Lipinski definition) is 1. The summed E-state index contributed by atoms with van der Waals surface area (Å²) in [6.45, 7) is 3.48. The van der Waals surface area contributed by atoms with E-state index in [0.29, 0.717) is 5.03 Å². The van der Waals surface area contributed by atoms with Crippen molar-refractivity contribution in [3.63, 3.8) is 0 Å². The van der Waals surface area contributed by atoms with Crippen LogP contribution in [0.25, 0.3) is 10.4 Å². The Hall–Kier alpha value is -0.780. The monoisotopic (exact) mass is 245 g/mol. The number of halogens is 1. The zero-order valence-electron chi connectivity index (χ0n) is 8.87. The van der Waals surface area contributed by atoms with Gasteiger partial charge in [0.2, 0.25) is 0 Å². The van der Waals surface area contributed by atoms with Crippen LogP contribution in [0.5, 0.6) is 0 Å². The molecule has 0 amide bonds. The van der Waals surface area contributed by atoms with Crippen LogP contribution in [0.1, 0.15) is 13.8 Å². The van der Waals surface area contributed by atoms with E-state index < -0.39 is 30.1 Å².